The molecule has 2 aromatic heterocycles. The van der Waals surface area contributed by atoms with Crippen molar-refractivity contribution >= 4 is 28.9 Å². The first-order valence-electron chi connectivity index (χ1n) is 11.0. The SMILES string of the molecule is COc1ccc(-c2cc3c(SCC(=O)N4CCN(c5ccc(F)cc5)CC4)nccn3n2)cc1. The van der Waals surface area contributed by atoms with Crippen LogP contribution in [0.5, 0.6) is 5.75 Å². The molecule has 0 unspecified atom stereocenters. The number of carbonyl (C=O) groups is 1. The number of anilines is 1. The van der Waals surface area contributed by atoms with Crippen LogP contribution in [0.3, 0.4) is 0 Å². The summed E-state index contributed by atoms with van der Waals surface area (Å²) in [4.78, 5) is 21.4. The number of benzene rings is 2. The Morgan fingerprint density at radius 1 is 1.06 bits per heavy atom. The second-order valence-corrected chi connectivity index (χ2v) is 8.92. The summed E-state index contributed by atoms with van der Waals surface area (Å²) < 4.78 is 20.2. The van der Waals surface area contributed by atoms with Crippen molar-refractivity contribution in [2.75, 3.05) is 43.9 Å². The number of piperazine rings is 1. The summed E-state index contributed by atoms with van der Waals surface area (Å²) in [5.41, 5.74) is 3.66. The lowest BCUT2D eigenvalue weighted by molar-refractivity contribution is -0.128. The molecule has 2 aromatic carbocycles. The van der Waals surface area contributed by atoms with Gasteiger partial charge in [0, 0.05) is 49.8 Å². The molecule has 0 spiro atoms. The minimum atomic E-state index is -0.243. The molecule has 5 rings (SSSR count). The third kappa shape index (κ3) is 4.70. The van der Waals surface area contributed by atoms with Gasteiger partial charge in [0.15, 0.2) is 0 Å². The summed E-state index contributed by atoms with van der Waals surface area (Å²) in [5, 5.41) is 5.43. The van der Waals surface area contributed by atoms with Crippen molar-refractivity contribution in [2.24, 2.45) is 0 Å². The van der Waals surface area contributed by atoms with E-state index in [1.807, 2.05) is 41.4 Å². The average Bonchev–Trinajstić information content (AvgIpc) is 3.33. The van der Waals surface area contributed by atoms with Gasteiger partial charge in [0.25, 0.3) is 0 Å². The van der Waals surface area contributed by atoms with E-state index >= 15 is 0 Å². The highest BCUT2D eigenvalue weighted by Crippen LogP contribution is 2.27. The number of hydrogen-bond donors (Lipinski definition) is 0. The smallest absolute Gasteiger partial charge is 0.233 e. The zero-order valence-electron chi connectivity index (χ0n) is 18.7. The van der Waals surface area contributed by atoms with Gasteiger partial charge in [-0.05, 0) is 54.6 Å². The van der Waals surface area contributed by atoms with Crippen LogP contribution >= 0.6 is 11.8 Å². The highest BCUT2D eigenvalue weighted by molar-refractivity contribution is 8.00. The van der Waals surface area contributed by atoms with E-state index in [2.05, 4.69) is 15.0 Å². The van der Waals surface area contributed by atoms with Gasteiger partial charge in [-0.3, -0.25) is 4.79 Å². The fraction of sp³-hybridized carbons (Fsp3) is 0.240. The van der Waals surface area contributed by atoms with Crippen LogP contribution in [0.4, 0.5) is 10.1 Å². The normalized spacial score (nSPS) is 13.9. The minimum Gasteiger partial charge on any atom is -0.497 e. The van der Waals surface area contributed by atoms with E-state index in [4.69, 9.17) is 4.74 Å². The van der Waals surface area contributed by atoms with Gasteiger partial charge in [0.05, 0.1) is 24.1 Å². The highest BCUT2D eigenvalue weighted by Gasteiger charge is 2.22. The Morgan fingerprint density at radius 3 is 2.50 bits per heavy atom. The Balaban J connectivity index is 1.22. The van der Waals surface area contributed by atoms with Crippen LogP contribution in [-0.4, -0.2) is 64.4 Å². The number of methoxy groups -OCH3 is 1. The Hall–Kier alpha value is -3.59. The zero-order valence-corrected chi connectivity index (χ0v) is 19.5. The number of halogens is 1. The molecule has 4 aromatic rings. The van der Waals surface area contributed by atoms with E-state index in [1.54, 1.807) is 30.0 Å². The van der Waals surface area contributed by atoms with Crippen LogP contribution in [0, 0.1) is 5.82 Å². The molecule has 0 radical (unpaired) electrons. The number of ether oxygens (including phenoxy) is 1. The Kier molecular flexibility index (Phi) is 6.35. The Bertz CT molecular complexity index is 1290. The van der Waals surface area contributed by atoms with Crippen LogP contribution in [-0.2, 0) is 4.79 Å². The van der Waals surface area contributed by atoms with E-state index in [0.717, 1.165) is 46.3 Å². The zero-order chi connectivity index (χ0) is 23.5. The predicted molar refractivity (Wildman–Crippen MR) is 131 cm³/mol. The van der Waals surface area contributed by atoms with Gasteiger partial charge >= 0.3 is 0 Å². The molecular weight excluding hydrogens is 453 g/mol. The molecule has 7 nitrogen and oxygen atoms in total. The standard InChI is InChI=1S/C25H24FN5O2S/c1-33-21-8-2-18(3-9-21)22-16-23-25(27-10-11-31(23)28-22)34-17-24(32)30-14-12-29(13-15-30)20-6-4-19(26)5-7-20/h2-11,16H,12-15,17H2,1H3. The number of amides is 1. The molecule has 0 atom stereocenters. The molecule has 0 N–H and O–H groups in total. The Morgan fingerprint density at radius 2 is 1.79 bits per heavy atom. The molecule has 1 fully saturated rings. The first-order valence-corrected chi connectivity index (χ1v) is 12.0. The largest absolute Gasteiger partial charge is 0.497 e. The van der Waals surface area contributed by atoms with Crippen molar-refractivity contribution < 1.29 is 13.9 Å². The molecule has 1 saturated heterocycles. The van der Waals surface area contributed by atoms with Crippen LogP contribution in [0.2, 0.25) is 0 Å². The van der Waals surface area contributed by atoms with Gasteiger partial charge < -0.3 is 14.5 Å². The van der Waals surface area contributed by atoms with Crippen molar-refractivity contribution in [3.8, 4) is 17.0 Å². The lowest BCUT2D eigenvalue weighted by atomic mass is 10.1. The number of carbonyl (C=O) groups excluding carboxylic acids is 1. The molecule has 0 bridgehead atoms. The molecule has 1 aliphatic rings. The van der Waals surface area contributed by atoms with Crippen LogP contribution in [0.15, 0.2) is 72.0 Å². The monoisotopic (exact) mass is 477 g/mol. The lowest BCUT2D eigenvalue weighted by Crippen LogP contribution is -2.49. The molecule has 0 saturated carbocycles. The number of nitrogens with zero attached hydrogens (tertiary/aromatic N) is 5. The molecule has 1 aliphatic heterocycles. The molecule has 174 valence electrons. The summed E-state index contributed by atoms with van der Waals surface area (Å²) in [7, 11) is 1.64. The van der Waals surface area contributed by atoms with E-state index < -0.39 is 0 Å². The van der Waals surface area contributed by atoms with E-state index in [9.17, 15) is 9.18 Å². The number of rotatable bonds is 6. The minimum absolute atomic E-state index is 0.0856. The lowest BCUT2D eigenvalue weighted by Gasteiger charge is -2.36. The summed E-state index contributed by atoms with van der Waals surface area (Å²) in [5.74, 6) is 0.948. The van der Waals surface area contributed by atoms with Crippen molar-refractivity contribution in [3.05, 3.63) is 72.8 Å². The molecule has 3 heterocycles. The summed E-state index contributed by atoms with van der Waals surface area (Å²) >= 11 is 1.43. The first kappa shape index (κ1) is 22.2. The van der Waals surface area contributed by atoms with Crippen LogP contribution < -0.4 is 9.64 Å². The number of fused-ring (bicyclic) bond motifs is 1. The average molecular weight is 478 g/mol. The number of thioether (sulfide) groups is 1. The quantitative estimate of drug-likeness (QED) is 0.392. The van der Waals surface area contributed by atoms with E-state index in [1.165, 1.54) is 23.9 Å². The molecular formula is C25H24FN5O2S. The Labute approximate surface area is 201 Å². The maximum absolute atomic E-state index is 13.2. The molecule has 0 aliphatic carbocycles. The maximum atomic E-state index is 13.2. The molecule has 9 heteroatoms. The molecule has 34 heavy (non-hydrogen) atoms. The van der Waals surface area contributed by atoms with Gasteiger partial charge in [-0.1, -0.05) is 11.8 Å². The summed E-state index contributed by atoms with van der Waals surface area (Å²) in [6.07, 6.45) is 3.51. The fourth-order valence-electron chi connectivity index (χ4n) is 4.00. The van der Waals surface area contributed by atoms with Crippen molar-refractivity contribution in [1.29, 1.82) is 0 Å². The van der Waals surface area contributed by atoms with E-state index in [-0.39, 0.29) is 11.7 Å². The predicted octanol–water partition coefficient (Wildman–Crippen LogP) is 3.98. The number of hydrogen-bond acceptors (Lipinski definition) is 6. The third-order valence-electron chi connectivity index (χ3n) is 5.90. The third-order valence-corrected chi connectivity index (χ3v) is 6.88. The fourth-order valence-corrected chi connectivity index (χ4v) is 4.88. The molecule has 1 amide bonds. The van der Waals surface area contributed by atoms with Gasteiger partial charge in [-0.25, -0.2) is 13.9 Å². The second kappa shape index (κ2) is 9.72. The summed E-state index contributed by atoms with van der Waals surface area (Å²) in [6.45, 7) is 2.73. The van der Waals surface area contributed by atoms with Gasteiger partial charge in [0.1, 0.15) is 16.6 Å². The van der Waals surface area contributed by atoms with Crippen molar-refractivity contribution in [3.63, 3.8) is 0 Å². The van der Waals surface area contributed by atoms with E-state index in [0.29, 0.717) is 18.8 Å². The maximum Gasteiger partial charge on any atom is 0.233 e. The van der Waals surface area contributed by atoms with Crippen LogP contribution in [0.25, 0.3) is 16.8 Å². The topological polar surface area (TPSA) is 63.0 Å². The van der Waals surface area contributed by atoms with Crippen LogP contribution in [0.1, 0.15) is 0 Å². The van der Waals surface area contributed by atoms with Gasteiger partial charge in [0.2, 0.25) is 5.91 Å². The second-order valence-electron chi connectivity index (χ2n) is 7.95. The highest BCUT2D eigenvalue weighted by atomic mass is 32.2. The first-order chi connectivity index (χ1) is 16.6. The summed E-state index contributed by atoms with van der Waals surface area (Å²) in [6, 6.07) is 16.2. The van der Waals surface area contributed by atoms with Crippen molar-refractivity contribution in [2.45, 2.75) is 5.03 Å². The van der Waals surface area contributed by atoms with Gasteiger partial charge in [-0.15, -0.1) is 0 Å². The number of aromatic nitrogens is 3. The van der Waals surface area contributed by atoms with Gasteiger partial charge in [-0.2, -0.15) is 5.10 Å². The van der Waals surface area contributed by atoms with Crippen molar-refractivity contribution in [1.82, 2.24) is 19.5 Å².